The fourth-order valence-electron chi connectivity index (χ4n) is 2.30. The van der Waals surface area contributed by atoms with Crippen LogP contribution >= 0.6 is 0 Å². The van der Waals surface area contributed by atoms with Crippen LogP contribution in [0.3, 0.4) is 0 Å². The van der Waals surface area contributed by atoms with E-state index in [1.54, 1.807) is 13.1 Å². The molecule has 0 saturated heterocycles. The highest BCUT2D eigenvalue weighted by Crippen LogP contribution is 2.05. The van der Waals surface area contributed by atoms with Crippen LogP contribution in [0.25, 0.3) is 23.3 Å². The van der Waals surface area contributed by atoms with Crippen LogP contribution in [0.2, 0.25) is 0 Å². The molecule has 6 nitrogen and oxygen atoms in total. The van der Waals surface area contributed by atoms with Crippen molar-refractivity contribution in [2.75, 3.05) is 0 Å². The third kappa shape index (κ3) is 2.94. The van der Waals surface area contributed by atoms with E-state index in [0.29, 0.717) is 5.69 Å². The minimum Gasteiger partial charge on any atom is -0.279 e. The molecule has 3 aromatic rings. The molecule has 0 spiro atoms. The lowest BCUT2D eigenvalue weighted by atomic mass is 10.2. The Hall–Kier alpha value is -3.28. The van der Waals surface area contributed by atoms with Crippen molar-refractivity contribution in [2.45, 2.75) is 0 Å². The van der Waals surface area contributed by atoms with Crippen LogP contribution in [-0.2, 0) is 14.1 Å². The molecule has 0 saturated carbocycles. The van der Waals surface area contributed by atoms with Gasteiger partial charge in [0.25, 0.3) is 5.56 Å². The zero-order valence-electron chi connectivity index (χ0n) is 13.4. The standard InChI is InChI=1S/C18H16N4O2/c1-21-16-15(17(23)22(2)18(21)24)19-12-14(20-16)11-7-6-10-13-8-4-3-5-9-13/h3-12H,1-2H3/b10-6+,11-7+. The highest BCUT2D eigenvalue weighted by molar-refractivity contribution is 5.70. The van der Waals surface area contributed by atoms with Gasteiger partial charge in [0.15, 0.2) is 11.2 Å². The Kier molecular flexibility index (Phi) is 4.20. The number of allylic oxidation sites excluding steroid dienone is 2. The first-order valence-corrected chi connectivity index (χ1v) is 7.40. The van der Waals surface area contributed by atoms with Crippen molar-refractivity contribution >= 4 is 23.3 Å². The third-order valence-electron chi connectivity index (χ3n) is 3.64. The van der Waals surface area contributed by atoms with Crippen LogP contribution in [0.4, 0.5) is 0 Å². The summed E-state index contributed by atoms with van der Waals surface area (Å²) in [6.45, 7) is 0. The molecule has 0 amide bonds. The molecule has 0 aliphatic rings. The maximum absolute atomic E-state index is 12.0. The van der Waals surface area contributed by atoms with Gasteiger partial charge < -0.3 is 0 Å². The fraction of sp³-hybridized carbons (Fsp3) is 0.111. The third-order valence-corrected chi connectivity index (χ3v) is 3.64. The molecule has 3 rings (SSSR count). The SMILES string of the molecule is Cn1c(=O)c2ncc(/C=C/C=C/c3ccccc3)nc2n(C)c1=O. The van der Waals surface area contributed by atoms with Crippen LogP contribution in [0.5, 0.6) is 0 Å². The lowest BCUT2D eigenvalue weighted by molar-refractivity contribution is 0.704. The van der Waals surface area contributed by atoms with Crippen molar-refractivity contribution in [1.29, 1.82) is 0 Å². The second-order valence-electron chi connectivity index (χ2n) is 5.30. The van der Waals surface area contributed by atoms with Gasteiger partial charge in [-0.3, -0.25) is 13.9 Å². The van der Waals surface area contributed by atoms with E-state index in [-0.39, 0.29) is 11.2 Å². The van der Waals surface area contributed by atoms with Crippen molar-refractivity contribution in [1.82, 2.24) is 19.1 Å². The van der Waals surface area contributed by atoms with Gasteiger partial charge in [-0.2, -0.15) is 0 Å². The minimum atomic E-state index is -0.444. The van der Waals surface area contributed by atoms with E-state index in [0.717, 1.165) is 10.1 Å². The molecular formula is C18H16N4O2. The Labute approximate surface area is 138 Å². The molecule has 0 fully saturated rings. The predicted molar refractivity (Wildman–Crippen MR) is 94.5 cm³/mol. The van der Waals surface area contributed by atoms with Gasteiger partial charge in [0.2, 0.25) is 0 Å². The smallest absolute Gasteiger partial charge is 0.279 e. The van der Waals surface area contributed by atoms with Crippen molar-refractivity contribution in [2.24, 2.45) is 14.1 Å². The van der Waals surface area contributed by atoms with E-state index >= 15 is 0 Å². The molecule has 0 radical (unpaired) electrons. The van der Waals surface area contributed by atoms with Crippen molar-refractivity contribution in [3.63, 3.8) is 0 Å². The highest BCUT2D eigenvalue weighted by atomic mass is 16.2. The summed E-state index contributed by atoms with van der Waals surface area (Å²) in [5, 5.41) is 0. The molecule has 24 heavy (non-hydrogen) atoms. The number of nitrogens with zero attached hydrogens (tertiary/aromatic N) is 4. The van der Waals surface area contributed by atoms with Crippen molar-refractivity contribution < 1.29 is 0 Å². The number of rotatable bonds is 3. The van der Waals surface area contributed by atoms with Crippen LogP contribution in [-0.4, -0.2) is 19.1 Å². The molecule has 0 aliphatic carbocycles. The summed E-state index contributed by atoms with van der Waals surface area (Å²) in [4.78, 5) is 32.5. The molecule has 1 aromatic carbocycles. The lowest BCUT2D eigenvalue weighted by Gasteiger charge is -2.05. The Morgan fingerprint density at radius 3 is 2.42 bits per heavy atom. The van der Waals surface area contributed by atoms with Crippen molar-refractivity contribution in [3.05, 3.63) is 80.8 Å². The molecule has 6 heteroatoms. The predicted octanol–water partition coefficient (Wildman–Crippen LogP) is 1.75. The van der Waals surface area contributed by atoms with Gasteiger partial charge in [-0.05, 0) is 11.6 Å². The summed E-state index contributed by atoms with van der Waals surface area (Å²) in [5.41, 5.74) is 1.25. The Morgan fingerprint density at radius 1 is 0.958 bits per heavy atom. The normalized spacial score (nSPS) is 11.8. The van der Waals surface area contributed by atoms with Gasteiger partial charge in [-0.25, -0.2) is 14.8 Å². The molecule has 0 atom stereocenters. The second kappa shape index (κ2) is 6.45. The number of fused-ring (bicyclic) bond motifs is 1. The van der Waals surface area contributed by atoms with E-state index in [4.69, 9.17) is 0 Å². The number of hydrogen-bond donors (Lipinski definition) is 0. The van der Waals surface area contributed by atoms with Gasteiger partial charge in [0, 0.05) is 14.1 Å². The van der Waals surface area contributed by atoms with Crippen LogP contribution in [0, 0.1) is 0 Å². The topological polar surface area (TPSA) is 69.8 Å². The minimum absolute atomic E-state index is 0.177. The summed E-state index contributed by atoms with van der Waals surface area (Å²) in [6, 6.07) is 9.92. The van der Waals surface area contributed by atoms with Gasteiger partial charge >= 0.3 is 5.69 Å². The maximum atomic E-state index is 12.0. The number of aryl methyl sites for hydroxylation is 1. The first-order valence-electron chi connectivity index (χ1n) is 7.40. The molecular weight excluding hydrogens is 304 g/mol. The van der Waals surface area contributed by atoms with Crippen LogP contribution in [0.15, 0.2) is 58.3 Å². The van der Waals surface area contributed by atoms with Gasteiger partial charge in [0.05, 0.1) is 11.9 Å². The number of benzene rings is 1. The average molecular weight is 320 g/mol. The van der Waals surface area contributed by atoms with E-state index in [9.17, 15) is 9.59 Å². The molecule has 120 valence electrons. The monoisotopic (exact) mass is 320 g/mol. The fourth-order valence-corrected chi connectivity index (χ4v) is 2.30. The molecule has 0 unspecified atom stereocenters. The molecule has 0 bridgehead atoms. The Bertz CT molecular complexity index is 1060. The highest BCUT2D eigenvalue weighted by Gasteiger charge is 2.10. The second-order valence-corrected chi connectivity index (χ2v) is 5.30. The first kappa shape index (κ1) is 15.6. The summed E-state index contributed by atoms with van der Waals surface area (Å²) >= 11 is 0. The Morgan fingerprint density at radius 2 is 1.67 bits per heavy atom. The Balaban J connectivity index is 1.94. The zero-order valence-corrected chi connectivity index (χ0v) is 13.4. The summed E-state index contributed by atoms with van der Waals surface area (Å²) in [7, 11) is 3.00. The van der Waals surface area contributed by atoms with E-state index in [2.05, 4.69) is 9.97 Å². The first-order chi connectivity index (χ1) is 11.6. The quantitative estimate of drug-likeness (QED) is 0.690. The number of hydrogen-bond acceptors (Lipinski definition) is 4. The zero-order chi connectivity index (χ0) is 17.1. The average Bonchev–Trinajstić information content (AvgIpc) is 2.62. The van der Waals surface area contributed by atoms with E-state index in [1.165, 1.54) is 17.8 Å². The summed E-state index contributed by atoms with van der Waals surface area (Å²) < 4.78 is 2.34. The maximum Gasteiger partial charge on any atom is 0.332 e. The van der Waals surface area contributed by atoms with Crippen LogP contribution < -0.4 is 11.2 Å². The van der Waals surface area contributed by atoms with E-state index in [1.807, 2.05) is 48.6 Å². The lowest BCUT2D eigenvalue weighted by Crippen LogP contribution is -2.37. The molecule has 2 heterocycles. The molecule has 0 N–H and O–H groups in total. The molecule has 2 aromatic heterocycles. The van der Waals surface area contributed by atoms with Gasteiger partial charge in [-0.1, -0.05) is 48.6 Å². The van der Waals surface area contributed by atoms with Crippen LogP contribution in [0.1, 0.15) is 11.3 Å². The van der Waals surface area contributed by atoms with Crippen molar-refractivity contribution in [3.8, 4) is 0 Å². The van der Waals surface area contributed by atoms with Gasteiger partial charge in [-0.15, -0.1) is 0 Å². The largest absolute Gasteiger partial charge is 0.332 e. The van der Waals surface area contributed by atoms with E-state index < -0.39 is 11.2 Å². The number of aromatic nitrogens is 4. The molecule has 0 aliphatic heterocycles. The summed E-state index contributed by atoms with van der Waals surface area (Å²) in [5.74, 6) is 0. The summed E-state index contributed by atoms with van der Waals surface area (Å²) in [6.07, 6.45) is 8.98. The van der Waals surface area contributed by atoms with Gasteiger partial charge in [0.1, 0.15) is 0 Å².